The molecule has 0 fully saturated rings. The van der Waals surface area contributed by atoms with E-state index in [1.165, 1.54) is 16.3 Å². The molecular formula is C15H18OS. The fraction of sp³-hybridized carbons (Fsp3) is 0.333. The summed E-state index contributed by atoms with van der Waals surface area (Å²) in [6.45, 7) is 2.12. The van der Waals surface area contributed by atoms with Crippen molar-refractivity contribution in [1.82, 2.24) is 0 Å². The van der Waals surface area contributed by atoms with Crippen LogP contribution < -0.4 is 0 Å². The number of aliphatic hydroxyl groups excluding tert-OH is 1. The highest BCUT2D eigenvalue weighted by Gasteiger charge is 2.07. The second-order valence-corrected chi connectivity index (χ2v) is 5.47. The van der Waals surface area contributed by atoms with E-state index in [1.807, 2.05) is 0 Å². The van der Waals surface area contributed by atoms with Gasteiger partial charge in [0.15, 0.2) is 0 Å². The van der Waals surface area contributed by atoms with Crippen LogP contribution in [-0.4, -0.2) is 22.7 Å². The Morgan fingerprint density at radius 2 is 1.88 bits per heavy atom. The average molecular weight is 246 g/mol. The van der Waals surface area contributed by atoms with Crippen LogP contribution >= 0.6 is 11.8 Å². The van der Waals surface area contributed by atoms with E-state index in [0.29, 0.717) is 0 Å². The van der Waals surface area contributed by atoms with Gasteiger partial charge >= 0.3 is 0 Å². The van der Waals surface area contributed by atoms with Gasteiger partial charge < -0.3 is 5.11 Å². The van der Waals surface area contributed by atoms with Crippen molar-refractivity contribution in [3.8, 4) is 0 Å². The molecule has 0 saturated heterocycles. The molecule has 0 aliphatic carbocycles. The molecule has 1 unspecified atom stereocenters. The third kappa shape index (κ3) is 3.24. The van der Waals surface area contributed by atoms with Gasteiger partial charge in [0.2, 0.25) is 0 Å². The van der Waals surface area contributed by atoms with Crippen LogP contribution in [0.3, 0.4) is 0 Å². The molecule has 0 amide bonds. The van der Waals surface area contributed by atoms with Gasteiger partial charge in [-0.1, -0.05) is 49.4 Å². The summed E-state index contributed by atoms with van der Waals surface area (Å²) in [5.41, 5.74) is 1.24. The molecule has 0 aromatic heterocycles. The molecule has 1 nitrogen and oxygen atoms in total. The zero-order valence-corrected chi connectivity index (χ0v) is 10.9. The van der Waals surface area contributed by atoms with Gasteiger partial charge in [-0.25, -0.2) is 0 Å². The molecule has 17 heavy (non-hydrogen) atoms. The highest BCUT2D eigenvalue weighted by molar-refractivity contribution is 7.99. The third-order valence-corrected chi connectivity index (χ3v) is 3.88. The highest BCUT2D eigenvalue weighted by Crippen LogP contribution is 2.20. The van der Waals surface area contributed by atoms with Crippen molar-refractivity contribution >= 4 is 22.5 Å². The first-order valence-electron chi connectivity index (χ1n) is 6.03. The topological polar surface area (TPSA) is 20.2 Å². The summed E-state index contributed by atoms with van der Waals surface area (Å²) >= 11 is 1.79. The Balaban J connectivity index is 2.18. The molecule has 2 aromatic carbocycles. The number of fused-ring (bicyclic) bond motifs is 1. The van der Waals surface area contributed by atoms with Gasteiger partial charge in [-0.05, 0) is 28.5 Å². The predicted octanol–water partition coefficient (Wildman–Crippen LogP) is 3.50. The molecule has 2 heteroatoms. The first kappa shape index (κ1) is 12.5. The summed E-state index contributed by atoms with van der Waals surface area (Å²) in [5.74, 6) is 1.88. The molecule has 0 radical (unpaired) electrons. The maximum Gasteiger partial charge on any atom is 0.0671 e. The van der Waals surface area contributed by atoms with Crippen LogP contribution in [0.5, 0.6) is 0 Å². The Morgan fingerprint density at radius 3 is 2.71 bits per heavy atom. The zero-order chi connectivity index (χ0) is 12.1. The van der Waals surface area contributed by atoms with Crippen molar-refractivity contribution in [2.45, 2.75) is 19.4 Å². The molecule has 2 aromatic rings. The van der Waals surface area contributed by atoms with Crippen LogP contribution in [0, 0.1) is 0 Å². The number of aliphatic hydroxyl groups is 1. The lowest BCUT2D eigenvalue weighted by Crippen LogP contribution is -2.13. The van der Waals surface area contributed by atoms with E-state index in [1.54, 1.807) is 11.8 Å². The number of hydrogen-bond donors (Lipinski definition) is 1. The molecule has 0 spiro atoms. The van der Waals surface area contributed by atoms with Crippen molar-refractivity contribution in [3.05, 3.63) is 48.0 Å². The lowest BCUT2D eigenvalue weighted by Gasteiger charge is -2.11. The van der Waals surface area contributed by atoms with Crippen LogP contribution in [0.4, 0.5) is 0 Å². The van der Waals surface area contributed by atoms with Gasteiger partial charge in [-0.15, -0.1) is 0 Å². The van der Waals surface area contributed by atoms with Gasteiger partial charge in [-0.3, -0.25) is 0 Å². The normalized spacial score (nSPS) is 12.8. The Kier molecular flexibility index (Phi) is 4.46. The molecule has 1 atom stereocenters. The largest absolute Gasteiger partial charge is 0.392 e. The molecule has 1 N–H and O–H groups in total. The minimum Gasteiger partial charge on any atom is -0.392 e. The second-order valence-electron chi connectivity index (χ2n) is 4.16. The monoisotopic (exact) mass is 246 g/mol. The van der Waals surface area contributed by atoms with Crippen LogP contribution in [-0.2, 0) is 6.42 Å². The van der Waals surface area contributed by atoms with Crippen LogP contribution in [0.1, 0.15) is 12.5 Å². The Bertz CT molecular complexity index is 476. The molecule has 90 valence electrons. The minimum absolute atomic E-state index is 0.245. The van der Waals surface area contributed by atoms with Gasteiger partial charge in [0.25, 0.3) is 0 Å². The van der Waals surface area contributed by atoms with Crippen molar-refractivity contribution in [2.75, 3.05) is 11.5 Å². The molecule has 0 aliphatic rings. The molecule has 0 heterocycles. The quantitative estimate of drug-likeness (QED) is 0.871. The molecule has 0 bridgehead atoms. The van der Waals surface area contributed by atoms with E-state index in [-0.39, 0.29) is 6.10 Å². The second kappa shape index (κ2) is 6.08. The number of rotatable bonds is 5. The zero-order valence-electron chi connectivity index (χ0n) is 10.1. The van der Waals surface area contributed by atoms with Gasteiger partial charge in [0.1, 0.15) is 0 Å². The van der Waals surface area contributed by atoms with Crippen LogP contribution in [0.2, 0.25) is 0 Å². The van der Waals surface area contributed by atoms with Crippen molar-refractivity contribution in [2.24, 2.45) is 0 Å². The maximum atomic E-state index is 9.97. The Hall–Kier alpha value is -0.990. The molecule has 2 rings (SSSR count). The van der Waals surface area contributed by atoms with E-state index in [4.69, 9.17) is 0 Å². The molecular weight excluding hydrogens is 228 g/mol. The summed E-state index contributed by atoms with van der Waals surface area (Å²) in [4.78, 5) is 0. The highest BCUT2D eigenvalue weighted by atomic mass is 32.2. The van der Waals surface area contributed by atoms with Crippen LogP contribution in [0.15, 0.2) is 42.5 Å². The molecule has 0 saturated carbocycles. The van der Waals surface area contributed by atoms with Crippen molar-refractivity contribution < 1.29 is 5.11 Å². The minimum atomic E-state index is -0.245. The van der Waals surface area contributed by atoms with Gasteiger partial charge in [-0.2, -0.15) is 11.8 Å². The summed E-state index contributed by atoms with van der Waals surface area (Å²) in [7, 11) is 0. The predicted molar refractivity (Wildman–Crippen MR) is 76.7 cm³/mol. The Morgan fingerprint density at radius 1 is 1.12 bits per heavy atom. The van der Waals surface area contributed by atoms with Crippen molar-refractivity contribution in [3.63, 3.8) is 0 Å². The van der Waals surface area contributed by atoms with E-state index in [0.717, 1.165) is 17.9 Å². The SMILES string of the molecule is CCSCC(O)Cc1cccc2ccccc12. The average Bonchev–Trinajstić information content (AvgIpc) is 2.37. The molecule has 0 aliphatic heterocycles. The first-order valence-corrected chi connectivity index (χ1v) is 7.19. The van der Waals surface area contributed by atoms with Crippen molar-refractivity contribution in [1.29, 1.82) is 0 Å². The number of benzene rings is 2. The van der Waals surface area contributed by atoms with Gasteiger partial charge in [0.05, 0.1) is 6.10 Å². The van der Waals surface area contributed by atoms with E-state index < -0.39 is 0 Å². The van der Waals surface area contributed by atoms with Crippen LogP contribution in [0.25, 0.3) is 10.8 Å². The fourth-order valence-electron chi connectivity index (χ4n) is 2.04. The Labute approximate surface area is 107 Å². The maximum absolute atomic E-state index is 9.97. The number of hydrogen-bond acceptors (Lipinski definition) is 2. The summed E-state index contributed by atoms with van der Waals surface area (Å²) in [5, 5.41) is 12.5. The summed E-state index contributed by atoms with van der Waals surface area (Å²) in [6, 6.07) is 14.6. The lowest BCUT2D eigenvalue weighted by molar-refractivity contribution is 0.200. The standard InChI is InChI=1S/C15H18OS/c1-2-17-11-14(16)10-13-8-5-7-12-6-3-4-9-15(12)13/h3-9,14,16H,2,10-11H2,1H3. The fourth-order valence-corrected chi connectivity index (χ4v) is 2.66. The number of thioether (sulfide) groups is 1. The smallest absolute Gasteiger partial charge is 0.0671 e. The lowest BCUT2D eigenvalue weighted by atomic mass is 10.0. The van der Waals surface area contributed by atoms with Gasteiger partial charge in [0, 0.05) is 5.75 Å². The van der Waals surface area contributed by atoms with E-state index in [9.17, 15) is 5.11 Å². The van der Waals surface area contributed by atoms with E-state index >= 15 is 0 Å². The summed E-state index contributed by atoms with van der Waals surface area (Å²) in [6.07, 6.45) is 0.500. The first-order chi connectivity index (χ1) is 8.31. The third-order valence-electron chi connectivity index (χ3n) is 2.85. The summed E-state index contributed by atoms with van der Waals surface area (Å²) < 4.78 is 0. The van der Waals surface area contributed by atoms with E-state index in [2.05, 4.69) is 49.4 Å².